The molecule has 0 radical (unpaired) electrons. The van der Waals surface area contributed by atoms with E-state index in [-0.39, 0.29) is 23.1 Å². The van der Waals surface area contributed by atoms with Crippen LogP contribution in [0, 0.1) is 5.82 Å². The van der Waals surface area contributed by atoms with Crippen LogP contribution < -0.4 is 16.0 Å². The van der Waals surface area contributed by atoms with Crippen LogP contribution in [0.4, 0.5) is 33.9 Å². The molecule has 0 spiro atoms. The van der Waals surface area contributed by atoms with Gasteiger partial charge in [0.2, 0.25) is 0 Å². The van der Waals surface area contributed by atoms with Crippen molar-refractivity contribution in [2.45, 2.75) is 45.8 Å². The van der Waals surface area contributed by atoms with Crippen molar-refractivity contribution in [3.63, 3.8) is 0 Å². The number of rotatable bonds is 6. The first-order valence-corrected chi connectivity index (χ1v) is 13.5. The second kappa shape index (κ2) is 11.0. The molecule has 0 saturated heterocycles. The van der Waals surface area contributed by atoms with Crippen molar-refractivity contribution in [3.8, 4) is 16.9 Å². The van der Waals surface area contributed by atoms with Crippen LogP contribution in [0.2, 0.25) is 5.02 Å². The third-order valence-electron chi connectivity index (χ3n) is 7.16. The zero-order valence-corrected chi connectivity index (χ0v) is 23.1. The number of fused-ring (bicyclic) bond motifs is 1. The number of amides is 2. The summed E-state index contributed by atoms with van der Waals surface area (Å²) in [6, 6.07) is 10.4. The molecule has 0 unspecified atom stereocenters. The molecular formula is C29H27ClF4N6O. The molecular weight excluding hydrogens is 560 g/mol. The lowest BCUT2D eigenvalue weighted by atomic mass is 9.98. The molecule has 2 aromatic heterocycles. The number of primary amides is 1. The first-order valence-electron chi connectivity index (χ1n) is 13.1. The molecule has 214 valence electrons. The number of nitrogens with two attached hydrogens (primary N) is 1. The van der Waals surface area contributed by atoms with Crippen LogP contribution in [0.1, 0.15) is 41.8 Å². The summed E-state index contributed by atoms with van der Waals surface area (Å²) in [5.74, 6) is -0.457. The number of nitrogens with zero attached hydrogens (tertiary/aromatic N) is 4. The minimum atomic E-state index is -4.57. The number of carbonyl (C=O) groups excluding carboxylic acids is 1. The fraction of sp³-hybridized carbons (Fsp3) is 0.276. The van der Waals surface area contributed by atoms with Gasteiger partial charge in [-0.25, -0.2) is 18.9 Å². The van der Waals surface area contributed by atoms with Crippen LogP contribution >= 0.6 is 11.6 Å². The molecule has 0 aliphatic carbocycles. The zero-order valence-electron chi connectivity index (χ0n) is 22.3. The summed E-state index contributed by atoms with van der Waals surface area (Å²) in [5, 5.41) is 7.14. The summed E-state index contributed by atoms with van der Waals surface area (Å²) in [6.07, 6.45) is -1.86. The highest BCUT2D eigenvalue weighted by Gasteiger charge is 2.33. The van der Waals surface area contributed by atoms with Gasteiger partial charge in [0.05, 0.1) is 33.3 Å². The fourth-order valence-corrected chi connectivity index (χ4v) is 5.50. The van der Waals surface area contributed by atoms with Gasteiger partial charge in [-0.05, 0) is 42.2 Å². The van der Waals surface area contributed by atoms with E-state index in [9.17, 15) is 18.0 Å². The van der Waals surface area contributed by atoms with Gasteiger partial charge >= 0.3 is 12.2 Å². The Morgan fingerprint density at radius 2 is 1.83 bits per heavy atom. The predicted molar refractivity (Wildman–Crippen MR) is 150 cm³/mol. The average Bonchev–Trinajstić information content (AvgIpc) is 3.31. The molecule has 0 saturated carbocycles. The van der Waals surface area contributed by atoms with E-state index >= 15 is 4.39 Å². The zero-order chi connectivity index (χ0) is 29.5. The molecule has 0 fully saturated rings. The number of hydrogen-bond acceptors (Lipinski definition) is 4. The van der Waals surface area contributed by atoms with Crippen molar-refractivity contribution in [1.29, 1.82) is 0 Å². The van der Waals surface area contributed by atoms with Gasteiger partial charge in [-0.1, -0.05) is 49.7 Å². The fourth-order valence-electron chi connectivity index (χ4n) is 5.21. The second-order valence-corrected chi connectivity index (χ2v) is 10.1. The molecule has 12 heteroatoms. The van der Waals surface area contributed by atoms with E-state index in [0.29, 0.717) is 24.2 Å². The Kier molecular flexibility index (Phi) is 7.65. The second-order valence-electron chi connectivity index (χ2n) is 9.70. The molecule has 2 amide bonds. The quantitative estimate of drug-likeness (QED) is 0.240. The summed E-state index contributed by atoms with van der Waals surface area (Å²) in [5.41, 5.74) is 9.90. The standard InChI is InChI=1S/C29H27ClF4N6O/c1-3-16-6-5-7-17(4-2)25(16)40-26(18-8-9-24(22(31)12-18)37-28(35)41)20-15-39(11-10-23(20)38-40)27-21(30)13-19(14-36-27)29(32,33)34/h5-9,12-14H,3-4,10-11,15H2,1-2H3,(H3,35,37,41). The van der Waals surface area contributed by atoms with Crippen LogP contribution in [0.3, 0.4) is 0 Å². The number of urea groups is 1. The maximum Gasteiger partial charge on any atom is 0.417 e. The van der Waals surface area contributed by atoms with Gasteiger partial charge in [0, 0.05) is 36.8 Å². The van der Waals surface area contributed by atoms with Crippen molar-refractivity contribution in [2.75, 3.05) is 16.8 Å². The highest BCUT2D eigenvalue weighted by molar-refractivity contribution is 6.33. The lowest BCUT2D eigenvalue weighted by molar-refractivity contribution is -0.137. The van der Waals surface area contributed by atoms with E-state index in [1.54, 1.807) is 11.0 Å². The molecule has 2 aromatic carbocycles. The van der Waals surface area contributed by atoms with Gasteiger partial charge in [-0.3, -0.25) is 0 Å². The summed E-state index contributed by atoms with van der Waals surface area (Å²) in [4.78, 5) is 17.2. The highest BCUT2D eigenvalue weighted by Crippen LogP contribution is 2.39. The minimum absolute atomic E-state index is 0.0632. The third-order valence-corrected chi connectivity index (χ3v) is 7.44. The van der Waals surface area contributed by atoms with Crippen molar-refractivity contribution >= 4 is 29.1 Å². The Balaban J connectivity index is 1.67. The van der Waals surface area contributed by atoms with Gasteiger partial charge in [0.25, 0.3) is 0 Å². The molecule has 3 N–H and O–H groups in total. The maximum atomic E-state index is 15.2. The van der Waals surface area contributed by atoms with E-state index < -0.39 is 23.6 Å². The number of nitrogens with one attached hydrogen (secondary N) is 1. The number of aromatic nitrogens is 3. The minimum Gasteiger partial charge on any atom is -0.351 e. The van der Waals surface area contributed by atoms with E-state index in [2.05, 4.69) is 10.3 Å². The smallest absolute Gasteiger partial charge is 0.351 e. The number of benzene rings is 2. The van der Waals surface area contributed by atoms with E-state index in [0.717, 1.165) is 53.2 Å². The summed E-state index contributed by atoms with van der Waals surface area (Å²) in [7, 11) is 0. The van der Waals surface area contributed by atoms with E-state index in [4.69, 9.17) is 22.4 Å². The molecule has 1 aliphatic rings. The number of aryl methyl sites for hydroxylation is 2. The van der Waals surface area contributed by atoms with Crippen LogP contribution in [-0.2, 0) is 32.0 Å². The Labute approximate surface area is 238 Å². The highest BCUT2D eigenvalue weighted by atomic mass is 35.5. The molecule has 41 heavy (non-hydrogen) atoms. The predicted octanol–water partition coefficient (Wildman–Crippen LogP) is 6.92. The third kappa shape index (κ3) is 5.46. The SMILES string of the molecule is CCc1cccc(CC)c1-n1nc2c(c1-c1ccc(NC(N)=O)c(F)c1)CN(c1ncc(C(F)(F)F)cc1Cl)CC2. The Bertz CT molecular complexity index is 1610. The van der Waals surface area contributed by atoms with Crippen molar-refractivity contribution in [1.82, 2.24) is 14.8 Å². The van der Waals surface area contributed by atoms with Gasteiger partial charge in [0.1, 0.15) is 11.6 Å². The molecule has 0 bridgehead atoms. The average molecular weight is 587 g/mol. The van der Waals surface area contributed by atoms with Gasteiger partial charge in [-0.2, -0.15) is 18.3 Å². The number of pyridine rings is 1. The normalized spacial score (nSPS) is 13.3. The van der Waals surface area contributed by atoms with Crippen molar-refractivity contribution in [2.24, 2.45) is 5.73 Å². The molecule has 7 nitrogen and oxygen atoms in total. The topological polar surface area (TPSA) is 89.1 Å². The number of halogens is 5. The Hall–Kier alpha value is -4.12. The number of carbonyl (C=O) groups is 1. The lowest BCUT2D eigenvalue weighted by Gasteiger charge is -2.29. The Morgan fingerprint density at radius 3 is 2.41 bits per heavy atom. The maximum absolute atomic E-state index is 15.2. The summed E-state index contributed by atoms with van der Waals surface area (Å²) >= 11 is 6.29. The van der Waals surface area contributed by atoms with E-state index in [1.807, 2.05) is 36.7 Å². The van der Waals surface area contributed by atoms with Crippen molar-refractivity contribution < 1.29 is 22.4 Å². The van der Waals surface area contributed by atoms with E-state index in [1.165, 1.54) is 12.1 Å². The molecule has 5 rings (SSSR count). The van der Waals surface area contributed by atoms with Crippen LogP contribution in [0.25, 0.3) is 16.9 Å². The van der Waals surface area contributed by atoms with Gasteiger partial charge in [0.15, 0.2) is 0 Å². The van der Waals surface area contributed by atoms with Gasteiger partial charge < -0.3 is 16.0 Å². The van der Waals surface area contributed by atoms with Crippen LogP contribution in [0.15, 0.2) is 48.7 Å². The summed E-state index contributed by atoms with van der Waals surface area (Å²) in [6.45, 7) is 4.76. The molecule has 1 aliphatic heterocycles. The summed E-state index contributed by atoms with van der Waals surface area (Å²) < 4.78 is 56.6. The van der Waals surface area contributed by atoms with Crippen LogP contribution in [-0.4, -0.2) is 27.3 Å². The molecule has 0 atom stereocenters. The monoisotopic (exact) mass is 586 g/mol. The Morgan fingerprint density at radius 1 is 1.12 bits per heavy atom. The molecule has 4 aromatic rings. The van der Waals surface area contributed by atoms with Crippen molar-refractivity contribution in [3.05, 3.63) is 87.4 Å². The number of alkyl halides is 3. The number of para-hydroxylation sites is 1. The van der Waals surface area contributed by atoms with Gasteiger partial charge in [-0.15, -0.1) is 0 Å². The van der Waals surface area contributed by atoms with Crippen LogP contribution in [0.5, 0.6) is 0 Å². The largest absolute Gasteiger partial charge is 0.417 e. The first-order chi connectivity index (χ1) is 19.5. The lowest BCUT2D eigenvalue weighted by Crippen LogP contribution is -2.31. The number of anilines is 2. The molecule has 3 heterocycles. The number of hydrogen-bond donors (Lipinski definition) is 2. The first kappa shape index (κ1) is 28.4.